The summed E-state index contributed by atoms with van der Waals surface area (Å²) in [5.41, 5.74) is 7.84. The van der Waals surface area contributed by atoms with Crippen molar-refractivity contribution < 1.29 is 4.42 Å². The standard InChI is InChI=1S/C10H12N2OS/c1-2-8(11)10-12-9(6-14-10)7-3-4-13-5-7/h3-6,8H,2,11H2,1H3. The smallest absolute Gasteiger partial charge is 0.110 e. The molecule has 0 aromatic carbocycles. The lowest BCUT2D eigenvalue weighted by Gasteiger charge is -2.01. The van der Waals surface area contributed by atoms with Gasteiger partial charge in [-0.15, -0.1) is 11.3 Å². The number of nitrogens with two attached hydrogens (primary N) is 1. The second-order valence-electron chi connectivity index (χ2n) is 3.10. The number of nitrogens with zero attached hydrogens (tertiary/aromatic N) is 1. The van der Waals surface area contributed by atoms with Gasteiger partial charge in [0.05, 0.1) is 24.3 Å². The third kappa shape index (κ3) is 1.71. The molecule has 2 aromatic heterocycles. The lowest BCUT2D eigenvalue weighted by molar-refractivity contribution is 0.568. The van der Waals surface area contributed by atoms with Crippen LogP contribution in [0.15, 0.2) is 28.4 Å². The zero-order chi connectivity index (χ0) is 9.97. The summed E-state index contributed by atoms with van der Waals surface area (Å²) < 4.78 is 5.00. The summed E-state index contributed by atoms with van der Waals surface area (Å²) in [4.78, 5) is 4.46. The summed E-state index contributed by atoms with van der Waals surface area (Å²) >= 11 is 1.60. The van der Waals surface area contributed by atoms with Crippen LogP contribution in [-0.2, 0) is 0 Å². The van der Waals surface area contributed by atoms with Crippen molar-refractivity contribution in [3.05, 3.63) is 29.0 Å². The van der Waals surface area contributed by atoms with E-state index in [1.165, 1.54) is 0 Å². The minimum Gasteiger partial charge on any atom is -0.472 e. The molecular weight excluding hydrogens is 196 g/mol. The molecule has 0 aliphatic heterocycles. The van der Waals surface area contributed by atoms with Crippen molar-refractivity contribution in [2.75, 3.05) is 0 Å². The molecule has 0 radical (unpaired) electrons. The Balaban J connectivity index is 2.26. The fraction of sp³-hybridized carbons (Fsp3) is 0.300. The molecule has 0 aliphatic rings. The first-order chi connectivity index (χ1) is 6.81. The van der Waals surface area contributed by atoms with Crippen LogP contribution in [-0.4, -0.2) is 4.98 Å². The molecule has 0 spiro atoms. The molecular formula is C10H12N2OS. The van der Waals surface area contributed by atoms with Crippen molar-refractivity contribution in [3.63, 3.8) is 0 Å². The molecule has 0 aliphatic carbocycles. The van der Waals surface area contributed by atoms with Crippen molar-refractivity contribution in [1.29, 1.82) is 0 Å². The molecule has 4 heteroatoms. The summed E-state index contributed by atoms with van der Waals surface area (Å²) in [6.07, 6.45) is 4.25. The van der Waals surface area contributed by atoms with Crippen LogP contribution in [0, 0.1) is 0 Å². The minimum absolute atomic E-state index is 0.0562. The number of hydrogen-bond donors (Lipinski definition) is 1. The largest absolute Gasteiger partial charge is 0.472 e. The van der Waals surface area contributed by atoms with Crippen LogP contribution in [0.25, 0.3) is 11.3 Å². The second kappa shape index (κ2) is 3.94. The highest BCUT2D eigenvalue weighted by Gasteiger charge is 2.10. The van der Waals surface area contributed by atoms with E-state index in [1.807, 2.05) is 11.4 Å². The Kier molecular flexibility index (Phi) is 2.65. The minimum atomic E-state index is 0.0562. The first-order valence-corrected chi connectivity index (χ1v) is 5.42. The molecule has 3 nitrogen and oxygen atoms in total. The predicted molar refractivity (Wildman–Crippen MR) is 57.0 cm³/mol. The molecule has 2 N–H and O–H groups in total. The third-order valence-electron chi connectivity index (χ3n) is 2.10. The van der Waals surface area contributed by atoms with E-state index in [-0.39, 0.29) is 6.04 Å². The zero-order valence-electron chi connectivity index (χ0n) is 7.93. The van der Waals surface area contributed by atoms with Gasteiger partial charge in [-0.25, -0.2) is 4.98 Å². The van der Waals surface area contributed by atoms with Crippen LogP contribution in [0.4, 0.5) is 0 Å². The Hall–Kier alpha value is -1.13. The molecule has 0 amide bonds. The lowest BCUT2D eigenvalue weighted by Crippen LogP contribution is -2.07. The van der Waals surface area contributed by atoms with E-state index < -0.39 is 0 Å². The highest BCUT2D eigenvalue weighted by atomic mass is 32.1. The van der Waals surface area contributed by atoms with Crippen molar-refractivity contribution in [3.8, 4) is 11.3 Å². The van der Waals surface area contributed by atoms with E-state index in [0.29, 0.717) is 0 Å². The molecule has 74 valence electrons. The monoisotopic (exact) mass is 208 g/mol. The second-order valence-corrected chi connectivity index (χ2v) is 3.99. The van der Waals surface area contributed by atoms with E-state index in [2.05, 4.69) is 11.9 Å². The van der Waals surface area contributed by atoms with E-state index in [0.717, 1.165) is 22.7 Å². The summed E-state index contributed by atoms with van der Waals surface area (Å²) in [7, 11) is 0. The van der Waals surface area contributed by atoms with Gasteiger partial charge in [0.25, 0.3) is 0 Å². The molecule has 1 atom stereocenters. The first kappa shape index (κ1) is 9.43. The van der Waals surface area contributed by atoms with Gasteiger partial charge in [0, 0.05) is 10.9 Å². The molecule has 2 rings (SSSR count). The summed E-state index contributed by atoms with van der Waals surface area (Å²) in [6.45, 7) is 2.06. The van der Waals surface area contributed by atoms with Crippen molar-refractivity contribution >= 4 is 11.3 Å². The quantitative estimate of drug-likeness (QED) is 0.843. The Morgan fingerprint density at radius 2 is 2.50 bits per heavy atom. The van der Waals surface area contributed by atoms with Crippen LogP contribution in [0.1, 0.15) is 24.4 Å². The van der Waals surface area contributed by atoms with Gasteiger partial charge in [-0.05, 0) is 12.5 Å². The number of furan rings is 1. The Morgan fingerprint density at radius 3 is 3.14 bits per heavy atom. The first-order valence-electron chi connectivity index (χ1n) is 4.55. The number of aromatic nitrogens is 1. The van der Waals surface area contributed by atoms with Gasteiger partial charge in [-0.1, -0.05) is 6.92 Å². The van der Waals surface area contributed by atoms with Gasteiger partial charge in [-0.2, -0.15) is 0 Å². The van der Waals surface area contributed by atoms with Gasteiger partial charge < -0.3 is 10.2 Å². The number of hydrogen-bond acceptors (Lipinski definition) is 4. The molecule has 14 heavy (non-hydrogen) atoms. The van der Waals surface area contributed by atoms with Crippen LogP contribution >= 0.6 is 11.3 Å². The normalized spacial score (nSPS) is 13.0. The van der Waals surface area contributed by atoms with Crippen molar-refractivity contribution in [1.82, 2.24) is 4.98 Å². The van der Waals surface area contributed by atoms with Gasteiger partial charge in [0.15, 0.2) is 0 Å². The van der Waals surface area contributed by atoms with E-state index in [1.54, 1.807) is 23.9 Å². The fourth-order valence-corrected chi connectivity index (χ4v) is 2.09. The average molecular weight is 208 g/mol. The lowest BCUT2D eigenvalue weighted by atomic mass is 10.2. The van der Waals surface area contributed by atoms with Gasteiger partial charge in [-0.3, -0.25) is 0 Å². The van der Waals surface area contributed by atoms with Crippen LogP contribution in [0.5, 0.6) is 0 Å². The fourth-order valence-electron chi connectivity index (χ4n) is 1.18. The molecule has 2 aromatic rings. The summed E-state index contributed by atoms with van der Waals surface area (Å²) in [5, 5.41) is 3.00. The van der Waals surface area contributed by atoms with Gasteiger partial charge in [0.2, 0.25) is 0 Å². The van der Waals surface area contributed by atoms with Crippen LogP contribution in [0.3, 0.4) is 0 Å². The van der Waals surface area contributed by atoms with E-state index in [4.69, 9.17) is 10.2 Å². The molecule has 0 saturated heterocycles. The SMILES string of the molecule is CCC(N)c1nc(-c2ccoc2)cs1. The number of thiazole rings is 1. The summed E-state index contributed by atoms with van der Waals surface area (Å²) in [6, 6.07) is 1.96. The zero-order valence-corrected chi connectivity index (χ0v) is 8.75. The molecule has 0 bridgehead atoms. The highest BCUT2D eigenvalue weighted by Crippen LogP contribution is 2.25. The maximum absolute atomic E-state index is 5.89. The highest BCUT2D eigenvalue weighted by molar-refractivity contribution is 7.10. The summed E-state index contributed by atoms with van der Waals surface area (Å²) in [5.74, 6) is 0. The van der Waals surface area contributed by atoms with E-state index >= 15 is 0 Å². The maximum Gasteiger partial charge on any atom is 0.110 e. The van der Waals surface area contributed by atoms with Crippen LogP contribution in [0.2, 0.25) is 0 Å². The topological polar surface area (TPSA) is 52.0 Å². The molecule has 1 unspecified atom stereocenters. The van der Waals surface area contributed by atoms with E-state index in [9.17, 15) is 0 Å². The Morgan fingerprint density at radius 1 is 1.64 bits per heavy atom. The Bertz CT molecular complexity index is 394. The third-order valence-corrected chi connectivity index (χ3v) is 3.07. The number of rotatable bonds is 3. The molecule has 2 heterocycles. The predicted octanol–water partition coefficient (Wildman–Crippen LogP) is 2.81. The molecule has 0 saturated carbocycles. The van der Waals surface area contributed by atoms with Gasteiger partial charge in [0.1, 0.15) is 5.01 Å². The van der Waals surface area contributed by atoms with Crippen molar-refractivity contribution in [2.24, 2.45) is 5.73 Å². The Labute approximate surface area is 86.6 Å². The van der Waals surface area contributed by atoms with Crippen molar-refractivity contribution in [2.45, 2.75) is 19.4 Å². The van der Waals surface area contributed by atoms with Crippen LogP contribution < -0.4 is 5.73 Å². The van der Waals surface area contributed by atoms with Gasteiger partial charge >= 0.3 is 0 Å². The molecule has 0 fully saturated rings. The maximum atomic E-state index is 5.89. The average Bonchev–Trinajstić information content (AvgIpc) is 2.86.